The second kappa shape index (κ2) is 7.80. The van der Waals surface area contributed by atoms with Crippen LogP contribution in [0.5, 0.6) is 5.75 Å². The number of aromatic hydroxyl groups is 1. The molecule has 26 heavy (non-hydrogen) atoms. The molecule has 8 heteroatoms. The molecule has 0 radical (unpaired) electrons. The Kier molecular flexibility index (Phi) is 5.67. The Balaban J connectivity index is 1.78. The van der Waals surface area contributed by atoms with E-state index >= 15 is 0 Å². The highest BCUT2D eigenvalue weighted by atomic mass is 35.5. The fourth-order valence-corrected chi connectivity index (χ4v) is 4.29. The molecule has 0 aliphatic carbocycles. The number of anilines is 1. The maximum Gasteiger partial charge on any atom is 0.269 e. The van der Waals surface area contributed by atoms with E-state index in [2.05, 4.69) is 10.6 Å². The van der Waals surface area contributed by atoms with Gasteiger partial charge in [-0.2, -0.15) is 0 Å². The van der Waals surface area contributed by atoms with Crippen molar-refractivity contribution in [3.05, 3.63) is 56.9 Å². The number of benzene rings is 2. The summed E-state index contributed by atoms with van der Waals surface area (Å²) < 4.78 is 0.819. The summed E-state index contributed by atoms with van der Waals surface area (Å²) in [5.41, 5.74) is 1.47. The summed E-state index contributed by atoms with van der Waals surface area (Å²) in [5, 5.41) is 17.1. The van der Waals surface area contributed by atoms with E-state index in [1.54, 1.807) is 30.3 Å². The predicted molar refractivity (Wildman–Crippen MR) is 113 cm³/mol. The number of carbonyl (C=O) groups excluding carboxylic acids is 1. The number of thiophene rings is 1. The number of hydrogen-bond acceptors (Lipinski definition) is 4. The van der Waals surface area contributed by atoms with Crippen LogP contribution in [0.4, 0.5) is 5.69 Å². The second-order valence-corrected chi connectivity index (χ2v) is 7.77. The highest BCUT2D eigenvalue weighted by Gasteiger charge is 2.18. The lowest BCUT2D eigenvalue weighted by Gasteiger charge is -2.11. The maximum absolute atomic E-state index is 12.5. The Bertz CT molecular complexity index is 1020. The number of rotatable bonds is 3. The summed E-state index contributed by atoms with van der Waals surface area (Å²) in [7, 11) is 0. The summed E-state index contributed by atoms with van der Waals surface area (Å²) in [4.78, 5) is 12.9. The number of amides is 1. The molecular weight excluding hydrogens is 411 g/mol. The van der Waals surface area contributed by atoms with Crippen molar-refractivity contribution in [1.29, 1.82) is 0 Å². The van der Waals surface area contributed by atoms with Crippen molar-refractivity contribution in [1.82, 2.24) is 5.32 Å². The quantitative estimate of drug-likeness (QED) is 0.378. The molecule has 0 spiro atoms. The zero-order chi connectivity index (χ0) is 18.8. The lowest BCUT2D eigenvalue weighted by molar-refractivity contribution is 0.0982. The van der Waals surface area contributed by atoms with Gasteiger partial charge in [0.05, 0.1) is 10.7 Å². The minimum Gasteiger partial charge on any atom is -0.506 e. The average molecular weight is 425 g/mol. The third-order valence-corrected chi connectivity index (χ3v) is 5.84. The van der Waals surface area contributed by atoms with Crippen LogP contribution < -0.4 is 10.6 Å². The van der Waals surface area contributed by atoms with E-state index < -0.39 is 5.91 Å². The lowest BCUT2D eigenvalue weighted by atomic mass is 10.1. The van der Waals surface area contributed by atoms with Crippen LogP contribution in [0, 0.1) is 0 Å². The summed E-state index contributed by atoms with van der Waals surface area (Å²) >= 11 is 18.7. The molecule has 3 rings (SSSR count). The molecule has 0 atom stereocenters. The van der Waals surface area contributed by atoms with E-state index in [-0.39, 0.29) is 10.9 Å². The molecule has 1 heterocycles. The number of phenols is 1. The van der Waals surface area contributed by atoms with E-state index in [0.717, 1.165) is 22.1 Å². The highest BCUT2D eigenvalue weighted by Crippen LogP contribution is 2.36. The van der Waals surface area contributed by atoms with Gasteiger partial charge < -0.3 is 10.4 Å². The number of nitrogens with one attached hydrogen (secondary N) is 2. The van der Waals surface area contributed by atoms with Crippen molar-refractivity contribution in [3.63, 3.8) is 0 Å². The van der Waals surface area contributed by atoms with Gasteiger partial charge >= 0.3 is 0 Å². The first-order valence-corrected chi connectivity index (χ1v) is 9.69. The van der Waals surface area contributed by atoms with Gasteiger partial charge in [0.1, 0.15) is 10.6 Å². The van der Waals surface area contributed by atoms with E-state index in [0.29, 0.717) is 20.6 Å². The number of phenolic OH excluding ortho intramolecular Hbond substituents is 1. The Morgan fingerprint density at radius 1 is 1.23 bits per heavy atom. The molecule has 134 valence electrons. The van der Waals surface area contributed by atoms with Gasteiger partial charge in [0.2, 0.25) is 0 Å². The van der Waals surface area contributed by atoms with Crippen LogP contribution in [0.1, 0.15) is 22.2 Å². The zero-order valence-electron chi connectivity index (χ0n) is 13.6. The first-order valence-electron chi connectivity index (χ1n) is 7.70. The molecule has 0 saturated carbocycles. The molecule has 0 bridgehead atoms. The van der Waals surface area contributed by atoms with Crippen LogP contribution in [-0.4, -0.2) is 16.1 Å². The molecular formula is C18H14Cl2N2O2S2. The third kappa shape index (κ3) is 3.94. The van der Waals surface area contributed by atoms with E-state index in [9.17, 15) is 9.90 Å². The molecule has 0 fully saturated rings. The minimum absolute atomic E-state index is 0.0494. The van der Waals surface area contributed by atoms with Gasteiger partial charge in [-0.25, -0.2) is 0 Å². The number of carbonyl (C=O) groups is 1. The van der Waals surface area contributed by atoms with Crippen LogP contribution in [0.25, 0.3) is 10.1 Å². The summed E-state index contributed by atoms with van der Waals surface area (Å²) in [5.74, 6) is -0.371. The van der Waals surface area contributed by atoms with Gasteiger partial charge in [-0.1, -0.05) is 42.3 Å². The fourth-order valence-electron chi connectivity index (χ4n) is 2.40. The van der Waals surface area contributed by atoms with E-state index in [1.165, 1.54) is 11.3 Å². The van der Waals surface area contributed by atoms with Crippen LogP contribution in [-0.2, 0) is 6.42 Å². The summed E-state index contributed by atoms with van der Waals surface area (Å²) in [6, 6.07) is 10.4. The standard InChI is InChI=1S/C18H14Cl2N2O2S2/c1-2-9-3-6-13(23)12(7-9)21-18(25)22-17(24)16-15(20)11-5-4-10(19)8-14(11)26-16/h3-8,23H,2H2,1H3,(H2,21,22,24,25). The number of fused-ring (bicyclic) bond motifs is 1. The molecule has 3 aromatic rings. The smallest absolute Gasteiger partial charge is 0.269 e. The van der Waals surface area contributed by atoms with Crippen molar-refractivity contribution in [2.45, 2.75) is 13.3 Å². The SMILES string of the molecule is CCc1ccc(O)c(NC(=S)NC(=O)c2sc3cc(Cl)ccc3c2Cl)c1. The molecule has 0 aliphatic rings. The molecule has 0 aliphatic heterocycles. The van der Waals surface area contributed by atoms with Gasteiger partial charge in [-0.3, -0.25) is 10.1 Å². The van der Waals surface area contributed by atoms with Crippen LogP contribution >= 0.6 is 46.8 Å². The predicted octanol–water partition coefficient (Wildman–Crippen LogP) is 5.60. The minimum atomic E-state index is -0.420. The Morgan fingerprint density at radius 3 is 2.73 bits per heavy atom. The van der Waals surface area contributed by atoms with Crippen molar-refractivity contribution in [2.24, 2.45) is 0 Å². The lowest BCUT2D eigenvalue weighted by Crippen LogP contribution is -2.33. The van der Waals surface area contributed by atoms with E-state index in [4.69, 9.17) is 35.4 Å². The van der Waals surface area contributed by atoms with Crippen LogP contribution in [0.3, 0.4) is 0 Å². The second-order valence-electron chi connectivity index (χ2n) is 5.50. The van der Waals surface area contributed by atoms with Crippen molar-refractivity contribution < 1.29 is 9.90 Å². The molecule has 0 saturated heterocycles. The summed E-state index contributed by atoms with van der Waals surface area (Å²) in [6.07, 6.45) is 0.814. The topological polar surface area (TPSA) is 61.4 Å². The largest absolute Gasteiger partial charge is 0.506 e. The van der Waals surface area contributed by atoms with Crippen LogP contribution in [0.2, 0.25) is 10.0 Å². The van der Waals surface area contributed by atoms with Gasteiger partial charge in [0.25, 0.3) is 5.91 Å². The maximum atomic E-state index is 12.5. The van der Waals surface area contributed by atoms with Gasteiger partial charge in [-0.05, 0) is 48.5 Å². The molecule has 1 aromatic heterocycles. The Hall–Kier alpha value is -1.86. The number of thiocarbonyl (C=S) groups is 1. The molecule has 1 amide bonds. The van der Waals surface area contributed by atoms with Crippen molar-refractivity contribution in [3.8, 4) is 5.75 Å². The third-order valence-electron chi connectivity index (χ3n) is 3.74. The number of aryl methyl sites for hydroxylation is 1. The monoisotopic (exact) mass is 424 g/mol. The number of halogens is 2. The molecule has 2 aromatic carbocycles. The normalized spacial score (nSPS) is 10.7. The van der Waals surface area contributed by atoms with Gasteiger partial charge in [0, 0.05) is 15.1 Å². The first kappa shape index (κ1) is 18.9. The molecule has 0 unspecified atom stereocenters. The number of hydrogen-bond donors (Lipinski definition) is 3. The van der Waals surface area contributed by atoms with E-state index in [1.807, 2.05) is 13.0 Å². The van der Waals surface area contributed by atoms with Gasteiger partial charge in [-0.15, -0.1) is 11.3 Å². The highest BCUT2D eigenvalue weighted by molar-refractivity contribution is 7.80. The Morgan fingerprint density at radius 2 is 2.00 bits per heavy atom. The first-order chi connectivity index (χ1) is 12.4. The fraction of sp³-hybridized carbons (Fsp3) is 0.111. The van der Waals surface area contributed by atoms with Crippen LogP contribution in [0.15, 0.2) is 36.4 Å². The van der Waals surface area contributed by atoms with Crippen molar-refractivity contribution in [2.75, 3.05) is 5.32 Å². The van der Waals surface area contributed by atoms with Crippen molar-refractivity contribution >= 4 is 73.5 Å². The average Bonchev–Trinajstić information content (AvgIpc) is 2.93. The summed E-state index contributed by atoms with van der Waals surface area (Å²) in [6.45, 7) is 2.01. The van der Waals surface area contributed by atoms with Gasteiger partial charge in [0.15, 0.2) is 5.11 Å². The Labute approximate surface area is 169 Å². The molecule has 4 nitrogen and oxygen atoms in total. The zero-order valence-corrected chi connectivity index (χ0v) is 16.7. The molecule has 3 N–H and O–H groups in total.